The van der Waals surface area contributed by atoms with E-state index in [1.54, 1.807) is 52.8 Å². The second-order valence-electron chi connectivity index (χ2n) is 13.0. The Morgan fingerprint density at radius 3 is 2.77 bits per heavy atom. The molecule has 5 rings (SSSR count). The molecule has 1 saturated carbocycles. The van der Waals surface area contributed by atoms with Crippen molar-refractivity contribution in [2.24, 2.45) is 5.92 Å². The first-order chi connectivity index (χ1) is 22.4. The summed E-state index contributed by atoms with van der Waals surface area (Å²) in [6.07, 6.45) is 6.48. The van der Waals surface area contributed by atoms with Crippen LogP contribution in [-0.4, -0.2) is 94.9 Å². The van der Waals surface area contributed by atoms with Gasteiger partial charge < -0.3 is 34.5 Å². The summed E-state index contributed by atoms with van der Waals surface area (Å²) >= 11 is 1.54. The fourth-order valence-corrected chi connectivity index (χ4v) is 6.98. The van der Waals surface area contributed by atoms with Crippen LogP contribution in [0.1, 0.15) is 53.4 Å². The van der Waals surface area contributed by atoms with Crippen LogP contribution in [0.15, 0.2) is 42.6 Å². The van der Waals surface area contributed by atoms with Gasteiger partial charge in [0.25, 0.3) is 0 Å². The van der Waals surface area contributed by atoms with Crippen LogP contribution in [0.5, 0.6) is 11.6 Å². The van der Waals surface area contributed by atoms with Crippen molar-refractivity contribution in [2.45, 2.75) is 82.7 Å². The number of rotatable bonds is 6. The Hall–Kier alpha value is -4.00. The molecule has 2 N–H and O–H groups in total. The van der Waals surface area contributed by atoms with Gasteiger partial charge in [0.05, 0.1) is 20.3 Å². The SMILES string of the molecule is CCOC(=O)C12CC1/C=C/CCCSCC(NC(=O)OC(C)(C)C)C(=O)N1CC(Oc3nccc4cc(OC)ccc34)CC1C(=O)N2. The molecular formula is C34H44N4O8S. The van der Waals surface area contributed by atoms with Crippen molar-refractivity contribution >= 4 is 46.4 Å². The summed E-state index contributed by atoms with van der Waals surface area (Å²) < 4.78 is 22.6. The van der Waals surface area contributed by atoms with Gasteiger partial charge in [0.15, 0.2) is 0 Å². The Morgan fingerprint density at radius 2 is 2.02 bits per heavy atom. The fourth-order valence-electron chi connectivity index (χ4n) is 5.98. The maximum atomic E-state index is 14.3. The van der Waals surface area contributed by atoms with Crippen LogP contribution in [0.25, 0.3) is 10.8 Å². The van der Waals surface area contributed by atoms with Gasteiger partial charge in [-0.1, -0.05) is 12.2 Å². The molecule has 0 bridgehead atoms. The molecule has 12 nitrogen and oxygen atoms in total. The number of aromatic nitrogens is 1. The number of nitrogens with one attached hydrogen (secondary N) is 2. The van der Waals surface area contributed by atoms with Crippen molar-refractivity contribution in [2.75, 3.05) is 31.8 Å². The standard InChI is InChI=1S/C34H44N4O8S/c1-6-44-31(41)34-18-22(34)10-8-7-9-15-47-20-26(36-32(42)46-33(2,3)4)30(40)38-19-24(17-27(38)28(39)37-34)45-29-25-12-11-23(43-5)16-21(25)13-14-35-29/h8,10-14,16,22,24,26-27H,6-7,9,15,17-20H2,1-5H3,(H,36,42)(H,37,39)/b10-8+. The van der Waals surface area contributed by atoms with Gasteiger partial charge >= 0.3 is 12.1 Å². The molecule has 0 radical (unpaired) electrons. The van der Waals surface area contributed by atoms with Gasteiger partial charge in [-0.05, 0) is 82.4 Å². The maximum absolute atomic E-state index is 14.3. The second-order valence-corrected chi connectivity index (χ2v) is 14.2. The molecule has 1 saturated heterocycles. The van der Waals surface area contributed by atoms with Crippen molar-refractivity contribution in [3.05, 3.63) is 42.6 Å². The number of carbonyl (C=O) groups excluding carboxylic acids is 4. The van der Waals surface area contributed by atoms with Gasteiger partial charge in [-0.3, -0.25) is 9.59 Å². The van der Waals surface area contributed by atoms with Crippen molar-refractivity contribution in [3.63, 3.8) is 0 Å². The summed E-state index contributed by atoms with van der Waals surface area (Å²) in [6.45, 7) is 7.21. The van der Waals surface area contributed by atoms with E-state index in [1.807, 2.05) is 36.4 Å². The number of thioether (sulfide) groups is 1. The van der Waals surface area contributed by atoms with E-state index in [1.165, 1.54) is 4.90 Å². The first-order valence-electron chi connectivity index (χ1n) is 16.1. The van der Waals surface area contributed by atoms with E-state index >= 15 is 0 Å². The number of ether oxygens (including phenoxy) is 4. The number of hydrogen-bond donors (Lipinski definition) is 2. The Kier molecular flexibility index (Phi) is 10.5. The highest BCUT2D eigenvalue weighted by atomic mass is 32.2. The van der Waals surface area contributed by atoms with Crippen molar-refractivity contribution < 1.29 is 38.1 Å². The molecule has 3 amide bonds. The van der Waals surface area contributed by atoms with Gasteiger partial charge in [-0.15, -0.1) is 0 Å². The quantitative estimate of drug-likeness (QED) is 0.342. The zero-order valence-corrected chi connectivity index (χ0v) is 28.4. The summed E-state index contributed by atoms with van der Waals surface area (Å²) in [5.41, 5.74) is -1.96. The third-order valence-electron chi connectivity index (χ3n) is 8.36. The number of alkyl carbamates (subject to hydrolysis) is 1. The highest BCUT2D eigenvalue weighted by Crippen LogP contribution is 2.46. The van der Waals surface area contributed by atoms with E-state index < -0.39 is 53.2 Å². The highest BCUT2D eigenvalue weighted by Gasteiger charge is 2.62. The lowest BCUT2D eigenvalue weighted by Gasteiger charge is -2.30. The third kappa shape index (κ3) is 8.11. The van der Waals surface area contributed by atoms with Gasteiger partial charge in [-0.2, -0.15) is 11.8 Å². The maximum Gasteiger partial charge on any atom is 0.408 e. The normalized spacial score (nSPS) is 27.3. The summed E-state index contributed by atoms with van der Waals surface area (Å²) in [5, 5.41) is 7.32. The number of amides is 3. The van der Waals surface area contributed by atoms with Crippen LogP contribution in [0.3, 0.4) is 0 Å². The minimum absolute atomic E-state index is 0.0675. The average molecular weight is 669 g/mol. The molecule has 2 aromatic rings. The molecule has 13 heteroatoms. The first kappa shape index (κ1) is 34.3. The molecule has 47 heavy (non-hydrogen) atoms. The van der Waals surface area contributed by atoms with Crippen molar-refractivity contribution in [1.82, 2.24) is 20.5 Å². The van der Waals surface area contributed by atoms with E-state index in [9.17, 15) is 19.2 Å². The molecule has 2 aliphatic heterocycles. The van der Waals surface area contributed by atoms with Gasteiger partial charge in [0, 0.05) is 29.7 Å². The lowest BCUT2D eigenvalue weighted by Crippen LogP contribution is -2.57. The van der Waals surface area contributed by atoms with Crippen molar-refractivity contribution in [1.29, 1.82) is 0 Å². The molecule has 3 aliphatic rings. The van der Waals surface area contributed by atoms with Crippen molar-refractivity contribution in [3.8, 4) is 11.6 Å². The number of hydrogen-bond acceptors (Lipinski definition) is 10. The first-order valence-corrected chi connectivity index (χ1v) is 17.2. The van der Waals surface area contributed by atoms with E-state index in [0.29, 0.717) is 23.8 Å². The van der Waals surface area contributed by atoms with Crippen LogP contribution in [-0.2, 0) is 23.9 Å². The molecule has 1 aliphatic carbocycles. The Bertz CT molecular complexity index is 1530. The Balaban J connectivity index is 1.45. The summed E-state index contributed by atoms with van der Waals surface area (Å²) in [5.74, 6) is 0.472. The summed E-state index contributed by atoms with van der Waals surface area (Å²) in [4.78, 5) is 60.3. The van der Waals surface area contributed by atoms with Crippen LogP contribution in [0.4, 0.5) is 4.79 Å². The monoisotopic (exact) mass is 668 g/mol. The van der Waals surface area contributed by atoms with E-state index in [2.05, 4.69) is 15.6 Å². The van der Waals surface area contributed by atoms with Crippen LogP contribution < -0.4 is 20.1 Å². The van der Waals surface area contributed by atoms with Crippen LogP contribution in [0.2, 0.25) is 0 Å². The molecule has 254 valence electrons. The summed E-state index contributed by atoms with van der Waals surface area (Å²) in [6, 6.07) is 5.45. The lowest BCUT2D eigenvalue weighted by atomic mass is 10.1. The molecule has 5 unspecified atom stereocenters. The minimum Gasteiger partial charge on any atom is -0.497 e. The number of nitrogens with zero attached hydrogens (tertiary/aromatic N) is 2. The van der Waals surface area contributed by atoms with Crippen LogP contribution >= 0.6 is 11.8 Å². The predicted octanol–water partition coefficient (Wildman–Crippen LogP) is 4.01. The minimum atomic E-state index is -1.20. The molecule has 3 heterocycles. The zero-order chi connectivity index (χ0) is 33.8. The topological polar surface area (TPSA) is 145 Å². The Labute approximate surface area is 279 Å². The predicted molar refractivity (Wildman–Crippen MR) is 177 cm³/mol. The smallest absolute Gasteiger partial charge is 0.408 e. The second kappa shape index (κ2) is 14.4. The number of methoxy groups -OCH3 is 1. The number of allylic oxidation sites excluding steroid dienone is 1. The molecule has 5 atom stereocenters. The average Bonchev–Trinajstić information content (AvgIpc) is 3.55. The lowest BCUT2D eigenvalue weighted by molar-refractivity contribution is -0.150. The molecule has 1 aromatic carbocycles. The van der Waals surface area contributed by atoms with E-state index in [0.717, 1.165) is 29.4 Å². The van der Waals surface area contributed by atoms with E-state index in [-0.39, 0.29) is 25.5 Å². The number of carbonyl (C=O) groups is 4. The molecule has 1 aromatic heterocycles. The number of pyridine rings is 1. The number of fused-ring (bicyclic) bond motifs is 3. The summed E-state index contributed by atoms with van der Waals surface area (Å²) in [7, 11) is 1.59. The number of esters is 1. The van der Waals surface area contributed by atoms with Gasteiger partial charge in [-0.25, -0.2) is 14.6 Å². The zero-order valence-electron chi connectivity index (χ0n) is 27.6. The third-order valence-corrected chi connectivity index (χ3v) is 9.51. The largest absolute Gasteiger partial charge is 0.497 e. The fraction of sp³-hybridized carbons (Fsp3) is 0.559. The molecule has 0 spiro atoms. The molecular weight excluding hydrogens is 624 g/mol. The highest BCUT2D eigenvalue weighted by molar-refractivity contribution is 7.99. The molecule has 2 fully saturated rings. The van der Waals surface area contributed by atoms with E-state index in [4.69, 9.17) is 18.9 Å². The van der Waals surface area contributed by atoms with Crippen LogP contribution in [0, 0.1) is 5.92 Å². The Morgan fingerprint density at radius 1 is 1.21 bits per heavy atom. The van der Waals surface area contributed by atoms with Gasteiger partial charge in [0.1, 0.15) is 35.1 Å². The van der Waals surface area contributed by atoms with Gasteiger partial charge in [0.2, 0.25) is 17.7 Å². The number of benzene rings is 1.